The average molecular weight is 388 g/mol. The lowest BCUT2D eigenvalue weighted by atomic mass is 10.0. The molecule has 4 rings (SSSR count). The number of nitrogens with zero attached hydrogens (tertiary/aromatic N) is 3. The largest absolute Gasteiger partial charge is 0.341 e. The van der Waals surface area contributed by atoms with Crippen LogP contribution in [0.15, 0.2) is 28.6 Å². The van der Waals surface area contributed by atoms with Crippen LogP contribution in [-0.2, 0) is 11.3 Å². The van der Waals surface area contributed by atoms with Crippen molar-refractivity contribution in [3.05, 3.63) is 39.1 Å². The molecule has 1 fully saturated rings. The molecule has 26 heavy (non-hydrogen) atoms. The van der Waals surface area contributed by atoms with Gasteiger partial charge < -0.3 is 4.90 Å². The fourth-order valence-electron chi connectivity index (χ4n) is 3.50. The third-order valence-electron chi connectivity index (χ3n) is 4.88. The third-order valence-corrected chi connectivity index (χ3v) is 6.80. The Kier molecular flexibility index (Phi) is 4.67. The van der Waals surface area contributed by atoms with E-state index in [0.717, 1.165) is 41.2 Å². The molecular formula is C19H21N3O2S2. The smallest absolute Gasteiger partial charge is 0.263 e. The predicted octanol–water partition coefficient (Wildman–Crippen LogP) is 3.75. The molecule has 0 bridgehead atoms. The van der Waals surface area contributed by atoms with Gasteiger partial charge in [-0.05, 0) is 37.8 Å². The molecule has 0 radical (unpaired) electrons. The van der Waals surface area contributed by atoms with Crippen molar-refractivity contribution in [2.45, 2.75) is 33.2 Å². The minimum Gasteiger partial charge on any atom is -0.341 e. The van der Waals surface area contributed by atoms with Crippen molar-refractivity contribution in [2.75, 3.05) is 13.1 Å². The van der Waals surface area contributed by atoms with Gasteiger partial charge in [0.15, 0.2) is 0 Å². The Morgan fingerprint density at radius 2 is 2.23 bits per heavy atom. The lowest BCUT2D eigenvalue weighted by molar-refractivity contribution is -0.133. The summed E-state index contributed by atoms with van der Waals surface area (Å²) in [5, 5.41) is 2.61. The minimum absolute atomic E-state index is 0.00328. The number of hydrogen-bond acceptors (Lipinski definition) is 5. The van der Waals surface area contributed by atoms with Gasteiger partial charge in [-0.3, -0.25) is 14.2 Å². The molecule has 1 amide bonds. The van der Waals surface area contributed by atoms with Crippen molar-refractivity contribution in [3.63, 3.8) is 0 Å². The molecule has 0 saturated carbocycles. The number of piperidine rings is 1. The van der Waals surface area contributed by atoms with Crippen molar-refractivity contribution >= 4 is 38.8 Å². The quantitative estimate of drug-likeness (QED) is 0.688. The number of thiophene rings is 2. The Balaban J connectivity index is 1.67. The van der Waals surface area contributed by atoms with Crippen LogP contribution in [0.25, 0.3) is 20.7 Å². The van der Waals surface area contributed by atoms with Crippen LogP contribution in [0.5, 0.6) is 0 Å². The summed E-state index contributed by atoms with van der Waals surface area (Å²) in [5.41, 5.74) is 0.796. The van der Waals surface area contributed by atoms with Crippen molar-refractivity contribution in [2.24, 2.45) is 5.92 Å². The van der Waals surface area contributed by atoms with Gasteiger partial charge in [0.05, 0.1) is 11.7 Å². The molecule has 0 spiro atoms. The van der Waals surface area contributed by atoms with Gasteiger partial charge in [-0.25, -0.2) is 4.98 Å². The lowest BCUT2D eigenvalue weighted by Crippen LogP contribution is -2.42. The standard InChI is InChI=1S/C19H21N3O2S2/c1-12-4-3-7-21(8-12)16(23)9-22-11-20-18-17(19(22)24)14(10-25-18)15-6-5-13(2)26-15/h5-6,10-12H,3-4,7-9H2,1-2H3/t12-/m1/s1. The fourth-order valence-corrected chi connectivity index (χ4v) is 5.36. The Morgan fingerprint density at radius 1 is 1.38 bits per heavy atom. The van der Waals surface area contributed by atoms with Crippen LogP contribution in [0.4, 0.5) is 0 Å². The van der Waals surface area contributed by atoms with Gasteiger partial charge in [-0.15, -0.1) is 22.7 Å². The highest BCUT2D eigenvalue weighted by molar-refractivity contribution is 7.19. The van der Waals surface area contributed by atoms with Crippen molar-refractivity contribution in [1.82, 2.24) is 14.5 Å². The molecule has 0 unspecified atom stereocenters. The molecule has 3 aromatic rings. The van der Waals surface area contributed by atoms with E-state index in [1.54, 1.807) is 11.3 Å². The van der Waals surface area contributed by atoms with E-state index < -0.39 is 0 Å². The van der Waals surface area contributed by atoms with Crippen LogP contribution in [0.2, 0.25) is 0 Å². The lowest BCUT2D eigenvalue weighted by Gasteiger charge is -2.31. The number of carbonyl (C=O) groups excluding carboxylic acids is 1. The second kappa shape index (κ2) is 6.96. The Labute approximate surface area is 159 Å². The second-order valence-electron chi connectivity index (χ2n) is 7.00. The van der Waals surface area contributed by atoms with Gasteiger partial charge in [-0.1, -0.05) is 6.92 Å². The van der Waals surface area contributed by atoms with Gasteiger partial charge in [0, 0.05) is 33.8 Å². The van der Waals surface area contributed by atoms with Crippen LogP contribution in [-0.4, -0.2) is 33.4 Å². The van der Waals surface area contributed by atoms with E-state index in [1.807, 2.05) is 16.3 Å². The first-order chi connectivity index (χ1) is 12.5. The first kappa shape index (κ1) is 17.4. The molecule has 0 N–H and O–H groups in total. The van der Waals surface area contributed by atoms with Crippen molar-refractivity contribution in [1.29, 1.82) is 0 Å². The zero-order valence-electron chi connectivity index (χ0n) is 14.9. The number of rotatable bonds is 3. The van der Waals surface area contributed by atoms with Crippen molar-refractivity contribution in [3.8, 4) is 10.4 Å². The number of likely N-dealkylation sites (tertiary alicyclic amines) is 1. The van der Waals surface area contributed by atoms with E-state index >= 15 is 0 Å². The van der Waals surface area contributed by atoms with E-state index in [4.69, 9.17) is 0 Å². The Morgan fingerprint density at radius 3 is 2.96 bits per heavy atom. The van der Waals surface area contributed by atoms with E-state index in [9.17, 15) is 9.59 Å². The Bertz CT molecular complexity index is 1020. The van der Waals surface area contributed by atoms with E-state index in [-0.39, 0.29) is 18.0 Å². The van der Waals surface area contributed by atoms with Crippen LogP contribution >= 0.6 is 22.7 Å². The molecule has 1 aliphatic rings. The zero-order chi connectivity index (χ0) is 18.3. The minimum atomic E-state index is -0.129. The Hall–Kier alpha value is -1.99. The van der Waals surface area contributed by atoms with Crippen LogP contribution in [0.1, 0.15) is 24.6 Å². The molecule has 1 aliphatic heterocycles. The molecule has 7 heteroatoms. The van der Waals surface area contributed by atoms with E-state index in [2.05, 4.69) is 24.9 Å². The van der Waals surface area contributed by atoms with Gasteiger partial charge in [0.25, 0.3) is 5.56 Å². The van der Waals surface area contributed by atoms with E-state index in [1.165, 1.54) is 27.1 Å². The highest BCUT2D eigenvalue weighted by Gasteiger charge is 2.22. The average Bonchev–Trinajstić information content (AvgIpc) is 3.23. The molecule has 4 heterocycles. The second-order valence-corrected chi connectivity index (χ2v) is 9.15. The number of fused-ring (bicyclic) bond motifs is 1. The summed E-state index contributed by atoms with van der Waals surface area (Å²) in [5.74, 6) is 0.527. The number of amides is 1. The van der Waals surface area contributed by atoms with Gasteiger partial charge in [0.1, 0.15) is 11.4 Å². The highest BCUT2D eigenvalue weighted by Crippen LogP contribution is 2.34. The normalized spacial score (nSPS) is 17.8. The monoisotopic (exact) mass is 387 g/mol. The fraction of sp³-hybridized carbons (Fsp3) is 0.421. The zero-order valence-corrected chi connectivity index (χ0v) is 16.5. The molecular weight excluding hydrogens is 366 g/mol. The first-order valence-electron chi connectivity index (χ1n) is 8.84. The van der Waals surface area contributed by atoms with Crippen LogP contribution < -0.4 is 5.56 Å². The molecule has 1 saturated heterocycles. The summed E-state index contributed by atoms with van der Waals surface area (Å²) in [7, 11) is 0. The number of aromatic nitrogens is 2. The topological polar surface area (TPSA) is 55.2 Å². The van der Waals surface area contributed by atoms with Crippen LogP contribution in [0, 0.1) is 12.8 Å². The molecule has 0 aliphatic carbocycles. The molecule has 3 aromatic heterocycles. The summed E-state index contributed by atoms with van der Waals surface area (Å²) >= 11 is 3.14. The number of aryl methyl sites for hydroxylation is 1. The number of carbonyl (C=O) groups is 1. The maximum Gasteiger partial charge on any atom is 0.263 e. The maximum absolute atomic E-state index is 13.0. The number of hydrogen-bond donors (Lipinski definition) is 0. The molecule has 0 aromatic carbocycles. The summed E-state index contributed by atoms with van der Waals surface area (Å²) in [6, 6.07) is 4.10. The maximum atomic E-state index is 13.0. The molecule has 5 nitrogen and oxygen atoms in total. The summed E-state index contributed by atoms with van der Waals surface area (Å²) in [4.78, 5) is 35.0. The summed E-state index contributed by atoms with van der Waals surface area (Å²) in [6.45, 7) is 5.85. The summed E-state index contributed by atoms with van der Waals surface area (Å²) < 4.78 is 1.46. The SMILES string of the molecule is Cc1ccc(-c2csc3ncn(CC(=O)N4CCC[C@@H](C)C4)c(=O)c23)s1. The molecule has 1 atom stereocenters. The van der Waals surface area contributed by atoms with Gasteiger partial charge in [0.2, 0.25) is 5.91 Å². The predicted molar refractivity (Wildman–Crippen MR) is 107 cm³/mol. The third kappa shape index (κ3) is 3.21. The van der Waals surface area contributed by atoms with Crippen molar-refractivity contribution < 1.29 is 4.79 Å². The highest BCUT2D eigenvalue weighted by atomic mass is 32.1. The first-order valence-corrected chi connectivity index (χ1v) is 10.5. The van der Waals surface area contributed by atoms with E-state index in [0.29, 0.717) is 11.3 Å². The molecule has 136 valence electrons. The van der Waals surface area contributed by atoms with Gasteiger partial charge >= 0.3 is 0 Å². The van der Waals surface area contributed by atoms with Crippen LogP contribution in [0.3, 0.4) is 0 Å². The summed E-state index contributed by atoms with van der Waals surface area (Å²) in [6.07, 6.45) is 3.71. The van der Waals surface area contributed by atoms with Gasteiger partial charge in [-0.2, -0.15) is 0 Å².